The van der Waals surface area contributed by atoms with Gasteiger partial charge in [0.2, 0.25) is 17.7 Å². The van der Waals surface area contributed by atoms with Crippen LogP contribution >= 0.6 is 0 Å². The second-order valence-electron chi connectivity index (χ2n) is 14.8. The molecule has 1 aromatic heterocycles. The van der Waals surface area contributed by atoms with E-state index < -0.39 is 66.6 Å². The summed E-state index contributed by atoms with van der Waals surface area (Å²) in [5.74, 6) is -2.36. The van der Waals surface area contributed by atoms with Crippen LogP contribution < -0.4 is 26.7 Å². The lowest BCUT2D eigenvalue weighted by atomic mass is 9.77. The van der Waals surface area contributed by atoms with Crippen molar-refractivity contribution >= 4 is 34.5 Å². The topological polar surface area (TPSA) is 169 Å². The Morgan fingerprint density at radius 3 is 1.79 bits per heavy atom. The third kappa shape index (κ3) is 11.9. The molecule has 0 spiro atoms. The average molecular weight is 851 g/mol. The molecule has 6 rings (SSSR count). The second-order valence-corrected chi connectivity index (χ2v) is 14.8. The van der Waals surface area contributed by atoms with E-state index in [0.717, 1.165) is 38.6 Å². The molecule has 0 saturated heterocycles. The van der Waals surface area contributed by atoms with Crippen molar-refractivity contribution in [3.05, 3.63) is 186 Å². The Kier molecular flexibility index (Phi) is 16.5. The Bertz CT molecular complexity index is 2280. The molecule has 0 saturated carbocycles. The Hall–Kier alpha value is -6.93. The van der Waals surface area contributed by atoms with Crippen molar-refractivity contribution in [3.63, 3.8) is 0 Å². The number of hydroxylamine groups is 1. The van der Waals surface area contributed by atoms with Gasteiger partial charge in [-0.25, -0.2) is 10.3 Å². The molecule has 0 aliphatic rings. The molecule has 1 unspecified atom stereocenters. The average Bonchev–Trinajstić information content (AvgIpc) is 3.32. The van der Waals surface area contributed by atoms with Crippen LogP contribution in [-0.2, 0) is 40.8 Å². The number of hydrogen-bond acceptors (Lipinski definition) is 8. The first kappa shape index (κ1) is 45.6. The Morgan fingerprint density at radius 1 is 0.651 bits per heavy atom. The highest BCUT2D eigenvalue weighted by atomic mass is 16.7. The summed E-state index contributed by atoms with van der Waals surface area (Å²) in [5, 5.41) is 13.7. The summed E-state index contributed by atoms with van der Waals surface area (Å²) in [6.07, 6.45) is 2.04. The van der Waals surface area contributed by atoms with Crippen LogP contribution in [0.5, 0.6) is 0 Å². The van der Waals surface area contributed by atoms with Gasteiger partial charge in [0.15, 0.2) is 12.9 Å². The molecular weight excluding hydrogens is 797 g/mol. The Balaban J connectivity index is 1.31. The van der Waals surface area contributed by atoms with Gasteiger partial charge in [-0.3, -0.25) is 24.2 Å². The Labute approximate surface area is 367 Å². The van der Waals surface area contributed by atoms with Gasteiger partial charge in [-0.2, -0.15) is 0 Å². The monoisotopic (exact) mass is 850 g/mol. The van der Waals surface area contributed by atoms with Crippen molar-refractivity contribution in [2.24, 2.45) is 5.92 Å². The summed E-state index contributed by atoms with van der Waals surface area (Å²) in [4.78, 5) is 64.9. The minimum atomic E-state index is -1.41. The van der Waals surface area contributed by atoms with E-state index in [2.05, 4.69) is 31.7 Å². The van der Waals surface area contributed by atoms with Crippen molar-refractivity contribution in [2.45, 2.75) is 57.6 Å². The van der Waals surface area contributed by atoms with Crippen LogP contribution in [0, 0.1) is 5.92 Å². The van der Waals surface area contributed by atoms with Crippen molar-refractivity contribution < 1.29 is 33.5 Å². The molecule has 0 aliphatic carbocycles. The summed E-state index contributed by atoms with van der Waals surface area (Å²) in [6.45, 7) is 5.94. The zero-order chi connectivity index (χ0) is 44.4. The van der Waals surface area contributed by atoms with Gasteiger partial charge in [-0.05, 0) is 64.6 Å². The molecule has 13 heteroatoms. The van der Waals surface area contributed by atoms with E-state index >= 15 is 0 Å². The molecule has 5 aromatic carbocycles. The predicted octanol–water partition coefficient (Wildman–Crippen LogP) is 6.84. The molecule has 1 heterocycles. The number of benzene rings is 5. The number of carbonyl (C=O) groups excluding carboxylic acids is 4. The lowest BCUT2D eigenvalue weighted by molar-refractivity contribution is -0.170. The molecule has 0 radical (unpaired) electrons. The first-order valence-corrected chi connectivity index (χ1v) is 21.1. The molecule has 0 bridgehead atoms. The van der Waals surface area contributed by atoms with Gasteiger partial charge >= 0.3 is 6.03 Å². The normalized spacial score (nSPS) is 12.8. The fraction of sp³-hybridized carbons (Fsp3) is 0.260. The van der Waals surface area contributed by atoms with E-state index in [0.29, 0.717) is 13.2 Å². The van der Waals surface area contributed by atoms with Crippen LogP contribution in [0.1, 0.15) is 61.1 Å². The van der Waals surface area contributed by atoms with Crippen LogP contribution in [0.25, 0.3) is 10.8 Å². The molecular formula is C50H54N6O7. The number of nitrogens with zero attached hydrogens (tertiary/aromatic N) is 1. The van der Waals surface area contributed by atoms with Gasteiger partial charge in [0.05, 0.1) is 12.5 Å². The number of ether oxygens (including phenoxy) is 2. The zero-order valence-electron chi connectivity index (χ0n) is 35.7. The van der Waals surface area contributed by atoms with Crippen molar-refractivity contribution in [2.75, 3.05) is 19.8 Å². The molecule has 0 fully saturated rings. The third-order valence-corrected chi connectivity index (χ3v) is 10.6. The summed E-state index contributed by atoms with van der Waals surface area (Å²) in [6, 6.07) is 43.1. The number of carbonyl (C=O) groups is 4. The third-order valence-electron chi connectivity index (χ3n) is 10.6. The molecule has 0 aliphatic heterocycles. The molecule has 63 heavy (non-hydrogen) atoms. The van der Waals surface area contributed by atoms with Crippen LogP contribution in [0.4, 0.5) is 4.79 Å². The molecule has 5 amide bonds. The molecule has 6 aromatic rings. The SMILES string of the molecule is CCOC(OCC)[C@@H](C)[C@H](NC(=O)C(CC(=O)NC(c1ccccc1)(c1ccccc1)c1ccccc1)NC(=O)CONC(=O)NCc1ccncc1)c1cccc2ccccc12. The number of amides is 5. The van der Waals surface area contributed by atoms with Gasteiger partial charge < -0.3 is 30.7 Å². The van der Waals surface area contributed by atoms with E-state index in [1.807, 2.05) is 154 Å². The minimum absolute atomic E-state index is 0.196. The fourth-order valence-electron chi connectivity index (χ4n) is 7.66. The van der Waals surface area contributed by atoms with Crippen LogP contribution in [0.2, 0.25) is 0 Å². The number of pyridine rings is 1. The zero-order valence-corrected chi connectivity index (χ0v) is 35.7. The van der Waals surface area contributed by atoms with E-state index in [1.54, 1.807) is 24.5 Å². The molecule has 3 atom stereocenters. The number of aromatic nitrogens is 1. The van der Waals surface area contributed by atoms with Crippen LogP contribution in [-0.4, -0.2) is 60.9 Å². The smallest absolute Gasteiger partial charge is 0.338 e. The summed E-state index contributed by atoms with van der Waals surface area (Å²) < 4.78 is 12.1. The number of nitrogens with one attached hydrogen (secondary N) is 5. The number of urea groups is 1. The predicted molar refractivity (Wildman–Crippen MR) is 240 cm³/mol. The standard InChI is InChI=1S/C50H54N6O7/c1-4-61-48(62-5-2)35(3)46(42-27-17-19-37-18-15-16-26-41(37)42)54-47(59)43(53-45(58)34-63-56-49(60)52-33-36-28-30-51-31-29-36)32-44(57)55-50(38-20-9-6-10-21-38,39-22-11-7-12-23-39)40-24-13-8-14-25-40/h6-31,35,43,46,48H,4-5,32-34H2,1-3H3,(H,53,58)(H,54,59)(H,55,57)(H2,52,56,60)/t35-,43?,46-/m0/s1. The summed E-state index contributed by atoms with van der Waals surface area (Å²) in [7, 11) is 0. The van der Waals surface area contributed by atoms with Gasteiger partial charge in [0.1, 0.15) is 11.6 Å². The largest absolute Gasteiger partial charge is 0.353 e. The maximum Gasteiger partial charge on any atom is 0.338 e. The first-order chi connectivity index (χ1) is 30.7. The van der Waals surface area contributed by atoms with Gasteiger partial charge in [0, 0.05) is 38.1 Å². The minimum Gasteiger partial charge on any atom is -0.353 e. The number of hydrogen-bond donors (Lipinski definition) is 5. The van der Waals surface area contributed by atoms with E-state index in [9.17, 15) is 19.2 Å². The van der Waals surface area contributed by atoms with Crippen LogP contribution in [0.15, 0.2) is 158 Å². The van der Waals surface area contributed by atoms with Crippen molar-refractivity contribution in [3.8, 4) is 0 Å². The summed E-state index contributed by atoms with van der Waals surface area (Å²) >= 11 is 0. The van der Waals surface area contributed by atoms with Gasteiger partial charge in [-0.1, -0.05) is 140 Å². The highest BCUT2D eigenvalue weighted by Crippen LogP contribution is 2.37. The fourth-order valence-corrected chi connectivity index (χ4v) is 7.66. The molecule has 326 valence electrons. The maximum atomic E-state index is 14.8. The lowest BCUT2D eigenvalue weighted by Crippen LogP contribution is -2.54. The summed E-state index contributed by atoms with van der Waals surface area (Å²) in [5.41, 5.74) is 4.97. The quantitative estimate of drug-likeness (QED) is 0.0298. The van der Waals surface area contributed by atoms with Gasteiger partial charge in [0.25, 0.3) is 0 Å². The molecule has 13 nitrogen and oxygen atoms in total. The van der Waals surface area contributed by atoms with Crippen LogP contribution in [0.3, 0.4) is 0 Å². The highest BCUT2D eigenvalue weighted by molar-refractivity contribution is 5.94. The first-order valence-electron chi connectivity index (χ1n) is 21.1. The Morgan fingerprint density at radius 2 is 1.21 bits per heavy atom. The maximum absolute atomic E-state index is 14.8. The van der Waals surface area contributed by atoms with Crippen molar-refractivity contribution in [1.29, 1.82) is 0 Å². The van der Waals surface area contributed by atoms with Gasteiger partial charge in [-0.15, -0.1) is 0 Å². The lowest BCUT2D eigenvalue weighted by Gasteiger charge is -2.37. The molecule has 5 N–H and O–H groups in total. The second kappa shape index (κ2) is 22.8. The number of fused-ring (bicyclic) bond motifs is 1. The highest BCUT2D eigenvalue weighted by Gasteiger charge is 2.40. The van der Waals surface area contributed by atoms with Crippen molar-refractivity contribution in [1.82, 2.24) is 31.7 Å². The number of rotatable bonds is 21. The van der Waals surface area contributed by atoms with E-state index in [1.165, 1.54) is 0 Å². The van der Waals surface area contributed by atoms with E-state index in [-0.39, 0.29) is 6.54 Å². The van der Waals surface area contributed by atoms with E-state index in [4.69, 9.17) is 14.3 Å².